The minimum Gasteiger partial charge on any atom is -0.482 e. The standard InChI is InChI=1S/C22H25N5O3/c1-3-26(4-2)11-12-27-18-8-6-5-7-16(18)24-22(27)25-21(29)15-9-10-17-19(13-15)30-14-20(28)23-17/h5-10,13H,3-4,11-12,14H2,1-2H3,(H,23,28)(H,24,25,29). The van der Waals surface area contributed by atoms with Crippen LogP contribution in [0.3, 0.4) is 0 Å². The molecule has 0 bridgehead atoms. The van der Waals surface area contributed by atoms with Crippen molar-refractivity contribution in [3.05, 3.63) is 48.0 Å². The smallest absolute Gasteiger partial charge is 0.262 e. The number of rotatable bonds is 7. The van der Waals surface area contributed by atoms with Crippen LogP contribution in [0.25, 0.3) is 11.0 Å². The van der Waals surface area contributed by atoms with Crippen molar-refractivity contribution in [3.8, 4) is 5.75 Å². The van der Waals surface area contributed by atoms with Gasteiger partial charge in [-0.15, -0.1) is 0 Å². The molecular formula is C22H25N5O3. The van der Waals surface area contributed by atoms with Crippen LogP contribution in [0.15, 0.2) is 42.5 Å². The van der Waals surface area contributed by atoms with Gasteiger partial charge in [-0.25, -0.2) is 4.98 Å². The maximum absolute atomic E-state index is 12.9. The number of hydrogen-bond donors (Lipinski definition) is 2. The summed E-state index contributed by atoms with van der Waals surface area (Å²) in [6.07, 6.45) is 0. The highest BCUT2D eigenvalue weighted by Crippen LogP contribution is 2.29. The van der Waals surface area contributed by atoms with Crippen molar-refractivity contribution >= 4 is 34.5 Å². The minimum atomic E-state index is -0.280. The molecule has 0 saturated heterocycles. The predicted octanol–water partition coefficient (Wildman–Crippen LogP) is 2.96. The molecule has 0 saturated carbocycles. The van der Waals surface area contributed by atoms with Crippen LogP contribution < -0.4 is 15.4 Å². The Morgan fingerprint density at radius 2 is 2.03 bits per heavy atom. The molecule has 0 spiro atoms. The lowest BCUT2D eigenvalue weighted by atomic mass is 10.1. The lowest BCUT2D eigenvalue weighted by Crippen LogP contribution is -2.28. The largest absolute Gasteiger partial charge is 0.482 e. The molecule has 0 aliphatic carbocycles. The fourth-order valence-electron chi connectivity index (χ4n) is 3.57. The Labute approximate surface area is 174 Å². The second-order valence-electron chi connectivity index (χ2n) is 7.10. The molecule has 156 valence electrons. The van der Waals surface area contributed by atoms with Crippen LogP contribution in [0.4, 0.5) is 11.6 Å². The van der Waals surface area contributed by atoms with E-state index in [4.69, 9.17) is 4.74 Å². The first-order valence-corrected chi connectivity index (χ1v) is 10.1. The third kappa shape index (κ3) is 3.99. The van der Waals surface area contributed by atoms with Gasteiger partial charge in [0.15, 0.2) is 6.61 Å². The molecule has 0 fully saturated rings. The molecule has 30 heavy (non-hydrogen) atoms. The zero-order chi connectivity index (χ0) is 21.1. The van der Waals surface area contributed by atoms with Crippen molar-refractivity contribution < 1.29 is 14.3 Å². The Morgan fingerprint density at radius 1 is 1.23 bits per heavy atom. The summed E-state index contributed by atoms with van der Waals surface area (Å²) in [5, 5.41) is 5.67. The second kappa shape index (κ2) is 8.54. The van der Waals surface area contributed by atoms with E-state index in [0.29, 0.717) is 22.9 Å². The number of likely N-dealkylation sites (N-methyl/N-ethyl adjacent to an activating group) is 1. The first-order valence-electron chi connectivity index (χ1n) is 10.1. The number of aromatic nitrogens is 2. The van der Waals surface area contributed by atoms with Gasteiger partial charge >= 0.3 is 0 Å². The Hall–Kier alpha value is -3.39. The number of anilines is 2. The molecule has 4 rings (SSSR count). The summed E-state index contributed by atoms with van der Waals surface area (Å²) in [5.74, 6) is 0.511. The monoisotopic (exact) mass is 407 g/mol. The molecule has 0 radical (unpaired) electrons. The van der Waals surface area contributed by atoms with Gasteiger partial charge in [-0.2, -0.15) is 0 Å². The molecule has 1 aliphatic heterocycles. The highest BCUT2D eigenvalue weighted by molar-refractivity contribution is 6.05. The molecule has 8 nitrogen and oxygen atoms in total. The molecule has 2 N–H and O–H groups in total. The van der Waals surface area contributed by atoms with Crippen LogP contribution in [0.2, 0.25) is 0 Å². The molecule has 3 aromatic rings. The zero-order valence-corrected chi connectivity index (χ0v) is 17.1. The van der Waals surface area contributed by atoms with Crippen LogP contribution in [0.1, 0.15) is 24.2 Å². The summed E-state index contributed by atoms with van der Waals surface area (Å²) >= 11 is 0. The van der Waals surface area contributed by atoms with Crippen molar-refractivity contribution in [1.82, 2.24) is 14.5 Å². The van der Waals surface area contributed by atoms with E-state index in [-0.39, 0.29) is 18.4 Å². The van der Waals surface area contributed by atoms with Gasteiger partial charge in [-0.3, -0.25) is 14.9 Å². The molecule has 0 unspecified atom stereocenters. The number of hydrogen-bond acceptors (Lipinski definition) is 5. The topological polar surface area (TPSA) is 88.5 Å². The fourth-order valence-corrected chi connectivity index (χ4v) is 3.57. The summed E-state index contributed by atoms with van der Waals surface area (Å²) in [4.78, 5) is 31.3. The van der Waals surface area contributed by atoms with Crippen LogP contribution in [-0.4, -0.2) is 52.5 Å². The zero-order valence-electron chi connectivity index (χ0n) is 17.1. The number of amides is 2. The molecule has 1 aromatic heterocycles. The van der Waals surface area contributed by atoms with Crippen molar-refractivity contribution in [2.24, 2.45) is 0 Å². The van der Waals surface area contributed by atoms with Gasteiger partial charge in [-0.05, 0) is 43.4 Å². The number of carbonyl (C=O) groups is 2. The van der Waals surface area contributed by atoms with Crippen molar-refractivity contribution in [3.63, 3.8) is 0 Å². The summed E-state index contributed by atoms with van der Waals surface area (Å²) in [5.41, 5.74) is 2.82. The minimum absolute atomic E-state index is 0.0563. The van der Waals surface area contributed by atoms with Gasteiger partial charge in [0.25, 0.3) is 11.8 Å². The molecule has 2 amide bonds. The molecule has 0 atom stereocenters. The first-order chi connectivity index (χ1) is 14.6. The van der Waals surface area contributed by atoms with Crippen molar-refractivity contribution in [2.45, 2.75) is 20.4 Å². The molecule has 1 aliphatic rings. The lowest BCUT2D eigenvalue weighted by Gasteiger charge is -2.20. The number of imidazole rings is 1. The molecule has 8 heteroatoms. The highest BCUT2D eigenvalue weighted by Gasteiger charge is 2.19. The number of nitrogens with zero attached hydrogens (tertiary/aromatic N) is 3. The number of benzene rings is 2. The average molecular weight is 407 g/mol. The van der Waals surface area contributed by atoms with Crippen molar-refractivity contribution in [2.75, 3.05) is 36.9 Å². The lowest BCUT2D eigenvalue weighted by molar-refractivity contribution is -0.118. The van der Waals surface area contributed by atoms with E-state index in [1.807, 2.05) is 28.8 Å². The van der Waals surface area contributed by atoms with Gasteiger partial charge in [0, 0.05) is 18.7 Å². The summed E-state index contributed by atoms with van der Waals surface area (Å²) in [6.45, 7) is 7.74. The molecule has 2 aromatic carbocycles. The number of fused-ring (bicyclic) bond motifs is 2. The Morgan fingerprint density at radius 3 is 2.83 bits per heavy atom. The number of nitrogens with one attached hydrogen (secondary N) is 2. The van der Waals surface area contributed by atoms with Gasteiger partial charge in [0.2, 0.25) is 5.95 Å². The van der Waals surface area contributed by atoms with Crippen LogP contribution in [0, 0.1) is 0 Å². The third-order valence-corrected chi connectivity index (χ3v) is 5.29. The van der Waals surface area contributed by atoms with E-state index in [1.165, 1.54) is 0 Å². The van der Waals surface area contributed by atoms with Gasteiger partial charge in [-0.1, -0.05) is 26.0 Å². The summed E-state index contributed by atoms with van der Waals surface area (Å²) < 4.78 is 7.46. The van der Waals surface area contributed by atoms with Crippen LogP contribution in [-0.2, 0) is 11.3 Å². The average Bonchev–Trinajstić information content (AvgIpc) is 3.11. The number of para-hydroxylation sites is 2. The van der Waals surface area contributed by atoms with Crippen molar-refractivity contribution in [1.29, 1.82) is 0 Å². The number of carbonyl (C=O) groups excluding carboxylic acids is 2. The Kier molecular flexibility index (Phi) is 5.67. The predicted molar refractivity (Wildman–Crippen MR) is 116 cm³/mol. The number of ether oxygens (including phenoxy) is 1. The quantitative estimate of drug-likeness (QED) is 0.629. The normalized spacial score (nSPS) is 13.1. The molecular weight excluding hydrogens is 382 g/mol. The van der Waals surface area contributed by atoms with Gasteiger partial charge in [0.05, 0.1) is 16.7 Å². The SMILES string of the molecule is CCN(CC)CCn1c(NC(=O)c2ccc3c(c2)OCC(=O)N3)nc2ccccc21. The van der Waals surface area contributed by atoms with Gasteiger partial charge < -0.3 is 19.5 Å². The van der Waals surface area contributed by atoms with Crippen LogP contribution in [0.5, 0.6) is 5.75 Å². The Balaban J connectivity index is 1.59. The highest BCUT2D eigenvalue weighted by atomic mass is 16.5. The Bertz CT molecular complexity index is 1090. The maximum atomic E-state index is 12.9. The van der Waals surface area contributed by atoms with E-state index in [1.54, 1.807) is 18.2 Å². The fraction of sp³-hybridized carbons (Fsp3) is 0.318. The van der Waals surface area contributed by atoms with E-state index in [9.17, 15) is 9.59 Å². The maximum Gasteiger partial charge on any atom is 0.262 e. The third-order valence-electron chi connectivity index (χ3n) is 5.29. The van der Waals surface area contributed by atoms with Gasteiger partial charge in [0.1, 0.15) is 5.75 Å². The van der Waals surface area contributed by atoms with E-state index in [0.717, 1.165) is 37.2 Å². The van der Waals surface area contributed by atoms with Crippen LogP contribution >= 0.6 is 0 Å². The molecule has 2 heterocycles. The second-order valence-corrected chi connectivity index (χ2v) is 7.10. The summed E-state index contributed by atoms with van der Waals surface area (Å²) in [6, 6.07) is 12.8. The van der Waals surface area contributed by atoms with E-state index in [2.05, 4.69) is 34.4 Å². The van der Waals surface area contributed by atoms with E-state index < -0.39 is 0 Å². The summed E-state index contributed by atoms with van der Waals surface area (Å²) in [7, 11) is 0. The van der Waals surface area contributed by atoms with E-state index >= 15 is 0 Å². The first kappa shape index (κ1) is 19.9.